The molecule has 0 spiro atoms. The lowest BCUT2D eigenvalue weighted by Crippen LogP contribution is -2.46. The average molecular weight is 423 g/mol. The van der Waals surface area contributed by atoms with Crippen molar-refractivity contribution in [1.82, 2.24) is 20.0 Å². The average Bonchev–Trinajstić information content (AvgIpc) is 3.54. The highest BCUT2D eigenvalue weighted by Gasteiger charge is 2.32. The Morgan fingerprint density at radius 1 is 1.16 bits per heavy atom. The minimum atomic E-state index is 0.0357. The van der Waals surface area contributed by atoms with Crippen molar-refractivity contribution < 1.29 is 9.53 Å². The number of hydrogen-bond acceptors (Lipinski definition) is 4. The second-order valence-electron chi connectivity index (χ2n) is 9.59. The lowest BCUT2D eigenvalue weighted by Gasteiger charge is -2.38. The van der Waals surface area contributed by atoms with Gasteiger partial charge in [-0.15, -0.1) is 0 Å². The lowest BCUT2D eigenvalue weighted by molar-refractivity contribution is 0.0426. The number of aromatic nitrogens is 2. The van der Waals surface area contributed by atoms with Gasteiger partial charge in [0.2, 0.25) is 0 Å². The molecular weight excluding hydrogens is 388 g/mol. The Labute approximate surface area is 185 Å². The number of carbonyl (C=O) groups excluding carboxylic acids is 1. The third kappa shape index (κ3) is 4.70. The molecule has 2 fully saturated rings. The molecule has 0 unspecified atom stereocenters. The first kappa shape index (κ1) is 20.7. The van der Waals surface area contributed by atoms with Gasteiger partial charge in [-0.05, 0) is 81.6 Å². The summed E-state index contributed by atoms with van der Waals surface area (Å²) in [6.07, 6.45) is 6.98. The van der Waals surface area contributed by atoms with E-state index in [4.69, 9.17) is 4.74 Å². The highest BCUT2D eigenvalue weighted by molar-refractivity contribution is 5.92. The first-order valence-corrected chi connectivity index (χ1v) is 11.9. The Morgan fingerprint density at radius 3 is 2.52 bits per heavy atom. The van der Waals surface area contributed by atoms with Gasteiger partial charge in [-0.3, -0.25) is 14.8 Å². The normalized spacial score (nSPS) is 22.7. The maximum Gasteiger partial charge on any atom is 0.274 e. The van der Waals surface area contributed by atoms with Crippen molar-refractivity contribution >= 4 is 5.91 Å². The van der Waals surface area contributed by atoms with Gasteiger partial charge < -0.3 is 9.64 Å². The van der Waals surface area contributed by atoms with Crippen LogP contribution in [0.5, 0.6) is 0 Å². The van der Waals surface area contributed by atoms with Crippen molar-refractivity contribution in [3.8, 4) is 0 Å². The highest BCUT2D eigenvalue weighted by Crippen LogP contribution is 2.29. The number of amides is 1. The molecule has 2 saturated heterocycles. The number of likely N-dealkylation sites (tertiary alicyclic amines) is 1. The second-order valence-corrected chi connectivity index (χ2v) is 9.59. The van der Waals surface area contributed by atoms with Gasteiger partial charge in [-0.25, -0.2) is 0 Å². The molecule has 1 atom stereocenters. The SMILES string of the molecule is Cc1cc(C(=O)N(CC2CCN(C3Cc4ccccc4C3)CC2)C[C@H]2CCCO2)n[nH]1. The molecule has 31 heavy (non-hydrogen) atoms. The Balaban J connectivity index is 1.18. The first-order valence-electron chi connectivity index (χ1n) is 11.9. The summed E-state index contributed by atoms with van der Waals surface area (Å²) in [4.78, 5) is 17.9. The number of ether oxygens (including phenoxy) is 1. The van der Waals surface area contributed by atoms with Crippen LogP contribution in [0.15, 0.2) is 30.3 Å². The Kier molecular flexibility index (Phi) is 6.10. The molecule has 0 radical (unpaired) electrons. The van der Waals surface area contributed by atoms with E-state index in [0.717, 1.165) is 57.6 Å². The Hall–Kier alpha value is -2.18. The summed E-state index contributed by atoms with van der Waals surface area (Å²) in [6, 6.07) is 11.4. The van der Waals surface area contributed by atoms with Crippen molar-refractivity contribution in [2.24, 2.45) is 5.92 Å². The molecule has 1 N–H and O–H groups in total. The molecule has 1 aromatic carbocycles. The number of aryl methyl sites for hydroxylation is 1. The quantitative estimate of drug-likeness (QED) is 0.777. The van der Waals surface area contributed by atoms with E-state index in [2.05, 4.69) is 39.4 Å². The number of nitrogens with zero attached hydrogens (tertiary/aromatic N) is 3. The largest absolute Gasteiger partial charge is 0.376 e. The zero-order valence-corrected chi connectivity index (χ0v) is 18.6. The molecule has 1 aliphatic carbocycles. The van der Waals surface area contributed by atoms with Gasteiger partial charge in [0.1, 0.15) is 5.69 Å². The molecule has 0 bridgehead atoms. The van der Waals surface area contributed by atoms with Crippen LogP contribution in [0, 0.1) is 12.8 Å². The van der Waals surface area contributed by atoms with Crippen molar-refractivity contribution in [3.63, 3.8) is 0 Å². The van der Waals surface area contributed by atoms with Crippen molar-refractivity contribution in [2.45, 2.75) is 57.6 Å². The number of nitrogens with one attached hydrogen (secondary N) is 1. The van der Waals surface area contributed by atoms with Gasteiger partial charge in [0.05, 0.1) is 6.10 Å². The zero-order valence-electron chi connectivity index (χ0n) is 18.6. The number of aromatic amines is 1. The number of carbonyl (C=O) groups is 1. The van der Waals surface area contributed by atoms with Crippen LogP contribution in [0.4, 0.5) is 0 Å². The molecule has 5 rings (SSSR count). The summed E-state index contributed by atoms with van der Waals surface area (Å²) in [5.41, 5.74) is 4.50. The minimum absolute atomic E-state index is 0.0357. The molecule has 166 valence electrons. The second kappa shape index (κ2) is 9.13. The fraction of sp³-hybridized carbons (Fsp3) is 0.600. The van der Waals surface area contributed by atoms with Crippen LogP contribution in [0.25, 0.3) is 0 Å². The maximum atomic E-state index is 13.2. The molecule has 2 aliphatic heterocycles. The topological polar surface area (TPSA) is 61.5 Å². The van der Waals surface area contributed by atoms with Crippen LogP contribution in [0.2, 0.25) is 0 Å². The van der Waals surface area contributed by atoms with E-state index in [1.807, 2.05) is 17.9 Å². The predicted molar refractivity (Wildman–Crippen MR) is 120 cm³/mol. The number of hydrogen-bond donors (Lipinski definition) is 1. The minimum Gasteiger partial charge on any atom is -0.376 e. The van der Waals surface area contributed by atoms with Crippen LogP contribution in [-0.4, -0.2) is 70.8 Å². The Bertz CT molecular complexity index is 871. The molecule has 0 saturated carbocycles. The number of rotatable bonds is 6. The monoisotopic (exact) mass is 422 g/mol. The molecule has 1 aromatic heterocycles. The smallest absolute Gasteiger partial charge is 0.274 e. The third-order valence-corrected chi connectivity index (χ3v) is 7.33. The van der Waals surface area contributed by atoms with E-state index in [1.54, 1.807) is 0 Å². The van der Waals surface area contributed by atoms with Crippen LogP contribution >= 0.6 is 0 Å². The molecule has 6 heteroatoms. The standard InChI is InChI=1S/C25H34N4O2/c1-18-13-24(27-26-18)25(30)29(17-23-7-4-12-31-23)16-19-8-10-28(11-9-19)22-14-20-5-2-3-6-21(20)15-22/h2-3,5-6,13,19,22-23H,4,7-12,14-17H2,1H3,(H,26,27)/t23-/m1/s1. The van der Waals surface area contributed by atoms with Crippen LogP contribution < -0.4 is 0 Å². The number of benzene rings is 1. The van der Waals surface area contributed by atoms with E-state index < -0.39 is 0 Å². The van der Waals surface area contributed by atoms with Gasteiger partial charge in [0.25, 0.3) is 5.91 Å². The van der Waals surface area contributed by atoms with E-state index in [1.165, 1.54) is 24.0 Å². The summed E-state index contributed by atoms with van der Waals surface area (Å²) < 4.78 is 5.85. The summed E-state index contributed by atoms with van der Waals surface area (Å²) in [6.45, 7) is 6.51. The summed E-state index contributed by atoms with van der Waals surface area (Å²) in [7, 11) is 0. The fourth-order valence-electron chi connectivity index (χ4n) is 5.57. The fourth-order valence-corrected chi connectivity index (χ4v) is 5.57. The van der Waals surface area contributed by atoms with Crippen LogP contribution in [-0.2, 0) is 17.6 Å². The van der Waals surface area contributed by atoms with Crippen LogP contribution in [0.3, 0.4) is 0 Å². The summed E-state index contributed by atoms with van der Waals surface area (Å²) in [5, 5.41) is 7.13. The first-order chi connectivity index (χ1) is 15.2. The highest BCUT2D eigenvalue weighted by atomic mass is 16.5. The molecule has 6 nitrogen and oxygen atoms in total. The Morgan fingerprint density at radius 2 is 1.90 bits per heavy atom. The van der Waals surface area contributed by atoms with E-state index in [9.17, 15) is 4.79 Å². The van der Waals surface area contributed by atoms with Crippen molar-refractivity contribution in [2.75, 3.05) is 32.8 Å². The van der Waals surface area contributed by atoms with E-state index in [0.29, 0.717) is 24.2 Å². The van der Waals surface area contributed by atoms with Crippen molar-refractivity contribution in [1.29, 1.82) is 0 Å². The predicted octanol–water partition coefficient (Wildman–Crippen LogP) is 3.22. The molecule has 3 aliphatic rings. The number of fused-ring (bicyclic) bond motifs is 1. The van der Waals surface area contributed by atoms with Gasteiger partial charge in [-0.2, -0.15) is 5.10 Å². The summed E-state index contributed by atoms with van der Waals surface area (Å²) >= 11 is 0. The van der Waals surface area contributed by atoms with Gasteiger partial charge in [0.15, 0.2) is 0 Å². The van der Waals surface area contributed by atoms with Gasteiger partial charge in [0, 0.05) is 31.4 Å². The molecule has 3 heterocycles. The zero-order chi connectivity index (χ0) is 21.2. The van der Waals surface area contributed by atoms with E-state index in [-0.39, 0.29) is 12.0 Å². The van der Waals surface area contributed by atoms with Crippen molar-refractivity contribution in [3.05, 3.63) is 52.8 Å². The number of H-pyrrole nitrogens is 1. The van der Waals surface area contributed by atoms with Gasteiger partial charge >= 0.3 is 0 Å². The maximum absolute atomic E-state index is 13.2. The van der Waals surface area contributed by atoms with E-state index >= 15 is 0 Å². The molecule has 2 aromatic rings. The molecule has 1 amide bonds. The lowest BCUT2D eigenvalue weighted by atomic mass is 9.94. The number of piperidine rings is 1. The van der Waals surface area contributed by atoms with Gasteiger partial charge in [-0.1, -0.05) is 24.3 Å². The summed E-state index contributed by atoms with van der Waals surface area (Å²) in [5.74, 6) is 0.582. The molecular formula is C25H34N4O2. The van der Waals surface area contributed by atoms with Crippen LogP contribution in [0.1, 0.15) is 53.0 Å². The third-order valence-electron chi connectivity index (χ3n) is 7.33.